The average Bonchev–Trinajstić information content (AvgIpc) is 1.30. The molecule has 1 fully saturated rings. The predicted octanol–water partition coefficient (Wildman–Crippen LogP) is 1.51. The van der Waals surface area contributed by atoms with E-state index >= 15 is 0 Å². The zero-order valence-electron chi connectivity index (χ0n) is 3.40. The van der Waals surface area contributed by atoms with Gasteiger partial charge in [-0.15, -0.1) is 0 Å². The summed E-state index contributed by atoms with van der Waals surface area (Å²) in [6.07, 6.45) is 1.45. The van der Waals surface area contributed by atoms with Crippen molar-refractivity contribution in [2.45, 2.75) is 18.6 Å². The van der Waals surface area contributed by atoms with E-state index in [1.54, 1.807) is 0 Å². The molecule has 1 heteroatoms. The van der Waals surface area contributed by atoms with Crippen LogP contribution in [0.2, 0.25) is 0 Å². The maximum absolute atomic E-state index is 2.27. The molecule has 1 heterocycles. The molecule has 1 aliphatic rings. The summed E-state index contributed by atoms with van der Waals surface area (Å²) in [6, 6.07) is 0. The summed E-state index contributed by atoms with van der Waals surface area (Å²) in [4.78, 5) is 0. The van der Waals surface area contributed by atoms with Gasteiger partial charge in [-0.25, -0.2) is 0 Å². The Balaban J connectivity index is 2.08. The third-order valence-electron chi connectivity index (χ3n) is 0.927. The first-order valence-corrected chi connectivity index (χ1v) is 3.06. The number of hydrogen-bond acceptors (Lipinski definition) is 1. The van der Waals surface area contributed by atoms with Crippen LogP contribution in [0.4, 0.5) is 0 Å². The van der Waals surface area contributed by atoms with E-state index in [-0.39, 0.29) is 0 Å². The second-order valence-corrected chi connectivity index (χ2v) is 3.02. The normalized spacial score (nSPS) is 36.6. The van der Waals surface area contributed by atoms with Crippen molar-refractivity contribution in [1.29, 1.82) is 0 Å². The molecule has 0 unspecified atom stereocenters. The zero-order chi connectivity index (χ0) is 3.70. The van der Waals surface area contributed by atoms with Crippen molar-refractivity contribution in [1.82, 2.24) is 0 Å². The Kier molecular flexibility index (Phi) is 0.856. The molecule has 1 atom stereocenters. The molecule has 0 spiro atoms. The highest BCUT2D eigenvalue weighted by Crippen LogP contribution is 2.25. The van der Waals surface area contributed by atoms with Crippen LogP contribution in [-0.4, -0.2) is 11.0 Å². The fraction of sp³-hybridized carbons (Fsp3) is 1.00. The number of rotatable bonds is 0. The zero-order valence-corrected chi connectivity index (χ0v) is 4.22. The number of thioether (sulfide) groups is 1. The van der Waals surface area contributed by atoms with E-state index in [1.807, 2.05) is 0 Å². The van der Waals surface area contributed by atoms with Gasteiger partial charge < -0.3 is 0 Å². The molecule has 30 valence electrons. The maximum atomic E-state index is 2.27. The van der Waals surface area contributed by atoms with Crippen molar-refractivity contribution < 1.29 is 0 Å². The third-order valence-corrected chi connectivity index (χ3v) is 2.20. The quantitative estimate of drug-likeness (QED) is 0.432. The lowest BCUT2D eigenvalue weighted by Crippen LogP contribution is -2.09. The molecule has 0 aromatic carbocycles. The van der Waals surface area contributed by atoms with Gasteiger partial charge in [0.05, 0.1) is 0 Å². The molecular formula is C4H8S. The van der Waals surface area contributed by atoms with Crippen LogP contribution in [0.25, 0.3) is 0 Å². The molecule has 0 bridgehead atoms. The van der Waals surface area contributed by atoms with Gasteiger partial charge in [-0.3, -0.25) is 0 Å². The molecule has 0 aliphatic carbocycles. The minimum atomic E-state index is 0.981. The molecule has 1 aliphatic heterocycles. The van der Waals surface area contributed by atoms with Crippen LogP contribution in [0.15, 0.2) is 0 Å². The molecule has 0 nitrogen and oxygen atoms in total. The first kappa shape index (κ1) is 3.54. The van der Waals surface area contributed by atoms with Gasteiger partial charge in [0.25, 0.3) is 0 Å². The Morgan fingerprint density at radius 3 is 2.20 bits per heavy atom. The molecule has 5 heavy (non-hydrogen) atoms. The van der Waals surface area contributed by atoms with Gasteiger partial charge in [-0.2, -0.15) is 11.8 Å². The van der Waals surface area contributed by atoms with Crippen molar-refractivity contribution in [3.05, 3.63) is 0 Å². The Morgan fingerprint density at radius 1 is 1.80 bits per heavy atom. The monoisotopic (exact) mass is 88.0 g/mol. The second-order valence-electron chi connectivity index (χ2n) is 1.47. The molecule has 0 N–H and O–H groups in total. The summed E-state index contributed by atoms with van der Waals surface area (Å²) >= 11 is 2.06. The van der Waals surface area contributed by atoms with Crippen LogP contribution < -0.4 is 0 Å². The van der Waals surface area contributed by atoms with Crippen LogP contribution in [0, 0.1) is 0 Å². The minimum absolute atomic E-state index is 0.981. The van der Waals surface area contributed by atoms with Gasteiger partial charge in [-0.1, -0.05) is 6.92 Å². The molecule has 0 radical (unpaired) electrons. The van der Waals surface area contributed by atoms with E-state index in [0.717, 1.165) is 5.25 Å². The van der Waals surface area contributed by atoms with E-state index in [1.165, 1.54) is 12.2 Å². The molecule has 1 rings (SSSR count). The minimum Gasteiger partial charge on any atom is -0.159 e. The van der Waals surface area contributed by atoms with Gasteiger partial charge in [0.15, 0.2) is 0 Å². The summed E-state index contributed by atoms with van der Waals surface area (Å²) in [5.41, 5.74) is 0. The first-order valence-electron chi connectivity index (χ1n) is 2.01. The van der Waals surface area contributed by atoms with Gasteiger partial charge in [0.1, 0.15) is 0 Å². The summed E-state index contributed by atoms with van der Waals surface area (Å²) < 4.78 is 0. The maximum Gasteiger partial charge on any atom is 0.00265 e. The lowest BCUT2D eigenvalue weighted by atomic mass is 10.3. The van der Waals surface area contributed by atoms with E-state index in [4.69, 9.17) is 0 Å². The fourth-order valence-corrected chi connectivity index (χ4v) is 1.06. The first-order chi connectivity index (χ1) is 2.39. The SMILES string of the molecule is C[C@@H]1CCS1. The highest BCUT2D eigenvalue weighted by Gasteiger charge is 2.09. The highest BCUT2D eigenvalue weighted by atomic mass is 32.2. The molecular weight excluding hydrogens is 80.1 g/mol. The van der Waals surface area contributed by atoms with Crippen LogP contribution in [0.5, 0.6) is 0 Å². The lowest BCUT2D eigenvalue weighted by Gasteiger charge is -2.18. The van der Waals surface area contributed by atoms with Crippen molar-refractivity contribution in [2.75, 3.05) is 5.75 Å². The van der Waals surface area contributed by atoms with Gasteiger partial charge >= 0.3 is 0 Å². The van der Waals surface area contributed by atoms with E-state index in [0.29, 0.717) is 0 Å². The van der Waals surface area contributed by atoms with Crippen molar-refractivity contribution >= 4 is 11.8 Å². The van der Waals surface area contributed by atoms with Gasteiger partial charge in [-0.05, 0) is 12.2 Å². The fourth-order valence-electron chi connectivity index (χ4n) is 0.354. The summed E-state index contributed by atoms with van der Waals surface area (Å²) in [7, 11) is 0. The van der Waals surface area contributed by atoms with Gasteiger partial charge in [0, 0.05) is 5.25 Å². The summed E-state index contributed by atoms with van der Waals surface area (Å²) in [5.74, 6) is 1.40. The van der Waals surface area contributed by atoms with Crippen molar-refractivity contribution in [3.8, 4) is 0 Å². The van der Waals surface area contributed by atoms with E-state index in [2.05, 4.69) is 18.7 Å². The lowest BCUT2D eigenvalue weighted by molar-refractivity contribution is 0.861. The molecule has 0 amide bonds. The van der Waals surface area contributed by atoms with Crippen molar-refractivity contribution in [2.24, 2.45) is 0 Å². The molecule has 1 saturated heterocycles. The smallest absolute Gasteiger partial charge is 0.00265 e. The van der Waals surface area contributed by atoms with E-state index in [9.17, 15) is 0 Å². The largest absolute Gasteiger partial charge is 0.159 e. The van der Waals surface area contributed by atoms with Gasteiger partial charge in [0.2, 0.25) is 0 Å². The average molecular weight is 88.2 g/mol. The highest BCUT2D eigenvalue weighted by molar-refractivity contribution is 8.01. The molecule has 0 aromatic heterocycles. The van der Waals surface area contributed by atoms with Crippen LogP contribution in [0.3, 0.4) is 0 Å². The Morgan fingerprint density at radius 2 is 2.20 bits per heavy atom. The van der Waals surface area contributed by atoms with Crippen LogP contribution in [0.1, 0.15) is 13.3 Å². The Labute approximate surface area is 37.0 Å². The Bertz CT molecular complexity index is 30.6. The van der Waals surface area contributed by atoms with Crippen molar-refractivity contribution in [3.63, 3.8) is 0 Å². The Hall–Kier alpha value is 0.350. The number of hydrogen-bond donors (Lipinski definition) is 0. The van der Waals surface area contributed by atoms with E-state index < -0.39 is 0 Å². The standard InChI is InChI=1S/C4H8S/c1-4-2-3-5-4/h4H,2-3H2,1H3/t4-/m1/s1. The molecule has 0 aromatic rings. The molecule has 0 saturated carbocycles. The third kappa shape index (κ3) is 0.596. The topological polar surface area (TPSA) is 0 Å². The van der Waals surface area contributed by atoms with Crippen LogP contribution in [-0.2, 0) is 0 Å². The summed E-state index contributed by atoms with van der Waals surface area (Å²) in [6.45, 7) is 2.27. The van der Waals surface area contributed by atoms with Crippen LogP contribution >= 0.6 is 11.8 Å². The summed E-state index contributed by atoms with van der Waals surface area (Å²) in [5, 5.41) is 0.981. The predicted molar refractivity (Wildman–Crippen MR) is 26.5 cm³/mol. The second kappa shape index (κ2) is 1.21.